The molecule has 2 heteroatoms. The predicted octanol–water partition coefficient (Wildman–Crippen LogP) is 15.1. The van der Waals surface area contributed by atoms with Gasteiger partial charge in [0, 0.05) is 45.0 Å². The van der Waals surface area contributed by atoms with Crippen molar-refractivity contribution in [3.63, 3.8) is 0 Å². The van der Waals surface area contributed by atoms with Crippen LogP contribution < -0.4 is 9.80 Å². The fourth-order valence-electron chi connectivity index (χ4n) is 8.78. The van der Waals surface area contributed by atoms with Gasteiger partial charge in [0.15, 0.2) is 0 Å². The molecule has 0 aliphatic heterocycles. The lowest BCUT2D eigenvalue weighted by molar-refractivity contribution is 0.635. The molecule has 0 saturated heterocycles. The standard InChI is InChI=1S/C55H48N2/c1-39-17-9-6-10-18-42-29-34-47(37-52(42)54(39,2)3)56(43-19-11-7-12-20-43)45-30-25-40(26-31-45)41-27-32-46(33-28-41)57(44-21-13-8-14-22-44)48-35-36-50-49-23-15-16-24-51(49)55(4,5)53(50)38-48/h6-17,19-38H,1,18H2,2-5H3/b10-6-,17-9-. The van der Waals surface area contributed by atoms with E-state index in [4.69, 9.17) is 0 Å². The molecule has 7 aromatic rings. The van der Waals surface area contributed by atoms with Gasteiger partial charge in [0.2, 0.25) is 0 Å². The van der Waals surface area contributed by atoms with Gasteiger partial charge in [-0.05, 0) is 129 Å². The fraction of sp³-hybridized carbons (Fsp3) is 0.127. The minimum atomic E-state index is -0.217. The molecule has 9 rings (SSSR count). The van der Waals surface area contributed by atoms with Crippen molar-refractivity contribution in [1.29, 1.82) is 0 Å². The van der Waals surface area contributed by atoms with Gasteiger partial charge in [0.25, 0.3) is 0 Å². The minimum Gasteiger partial charge on any atom is -0.310 e. The minimum absolute atomic E-state index is 0.0740. The molecule has 0 spiro atoms. The Morgan fingerprint density at radius 3 is 1.49 bits per heavy atom. The number of rotatable bonds is 7. The number of benzene rings is 7. The zero-order valence-electron chi connectivity index (χ0n) is 33.3. The summed E-state index contributed by atoms with van der Waals surface area (Å²) in [5, 5.41) is 0. The van der Waals surface area contributed by atoms with E-state index >= 15 is 0 Å². The maximum atomic E-state index is 4.47. The van der Waals surface area contributed by atoms with Crippen molar-refractivity contribution in [2.75, 3.05) is 9.80 Å². The molecule has 0 amide bonds. The predicted molar refractivity (Wildman–Crippen MR) is 243 cm³/mol. The normalized spacial score (nSPS) is 15.9. The van der Waals surface area contributed by atoms with Crippen LogP contribution in [0.5, 0.6) is 0 Å². The lowest BCUT2D eigenvalue weighted by Gasteiger charge is -2.32. The average Bonchev–Trinajstić information content (AvgIpc) is 3.50. The van der Waals surface area contributed by atoms with E-state index in [0.29, 0.717) is 0 Å². The van der Waals surface area contributed by atoms with E-state index in [1.54, 1.807) is 0 Å². The number of nitrogens with zero attached hydrogens (tertiary/aromatic N) is 2. The van der Waals surface area contributed by atoms with E-state index in [1.165, 1.54) is 44.5 Å². The molecule has 0 saturated carbocycles. The summed E-state index contributed by atoms with van der Waals surface area (Å²) in [5.41, 5.74) is 18.0. The molecule has 0 aromatic heterocycles. The molecule has 2 aliphatic rings. The zero-order valence-corrected chi connectivity index (χ0v) is 33.3. The molecule has 57 heavy (non-hydrogen) atoms. The highest BCUT2D eigenvalue weighted by Gasteiger charge is 2.36. The van der Waals surface area contributed by atoms with Gasteiger partial charge in [-0.1, -0.05) is 156 Å². The molecule has 0 unspecified atom stereocenters. The lowest BCUT2D eigenvalue weighted by Crippen LogP contribution is -2.21. The third-order valence-corrected chi connectivity index (χ3v) is 12.1. The van der Waals surface area contributed by atoms with Crippen LogP contribution in [0.2, 0.25) is 0 Å². The smallest absolute Gasteiger partial charge is 0.0465 e. The Balaban J connectivity index is 1.05. The van der Waals surface area contributed by atoms with E-state index in [-0.39, 0.29) is 10.8 Å². The van der Waals surface area contributed by atoms with Gasteiger partial charge < -0.3 is 9.80 Å². The van der Waals surface area contributed by atoms with Gasteiger partial charge in [-0.25, -0.2) is 0 Å². The van der Waals surface area contributed by atoms with Gasteiger partial charge in [-0.3, -0.25) is 0 Å². The van der Waals surface area contributed by atoms with Gasteiger partial charge in [-0.15, -0.1) is 0 Å². The Kier molecular flexibility index (Phi) is 9.14. The van der Waals surface area contributed by atoms with E-state index in [2.05, 4.69) is 238 Å². The maximum Gasteiger partial charge on any atom is 0.0465 e. The first-order valence-electron chi connectivity index (χ1n) is 20.0. The van der Waals surface area contributed by atoms with Crippen molar-refractivity contribution in [2.45, 2.75) is 44.9 Å². The highest BCUT2D eigenvalue weighted by Crippen LogP contribution is 2.51. The molecule has 2 aliphatic carbocycles. The Morgan fingerprint density at radius 1 is 0.421 bits per heavy atom. The van der Waals surface area contributed by atoms with Crippen LogP contribution in [0.4, 0.5) is 34.1 Å². The van der Waals surface area contributed by atoms with Crippen molar-refractivity contribution in [3.8, 4) is 22.3 Å². The van der Waals surface area contributed by atoms with Crippen molar-refractivity contribution >= 4 is 34.1 Å². The Morgan fingerprint density at radius 2 is 0.895 bits per heavy atom. The number of hydrogen-bond donors (Lipinski definition) is 0. The Labute approximate surface area is 338 Å². The summed E-state index contributed by atoms with van der Waals surface area (Å²) in [6, 6.07) is 62.1. The summed E-state index contributed by atoms with van der Waals surface area (Å²) in [6.07, 6.45) is 9.50. The lowest BCUT2D eigenvalue weighted by atomic mass is 9.75. The van der Waals surface area contributed by atoms with Crippen LogP contribution in [0, 0.1) is 0 Å². The molecule has 7 aromatic carbocycles. The van der Waals surface area contributed by atoms with Crippen LogP contribution in [-0.4, -0.2) is 0 Å². The summed E-state index contributed by atoms with van der Waals surface area (Å²) in [7, 11) is 0. The SMILES string of the molecule is C=C1/C=C\C=C/Cc2ccc(N(c3ccccc3)c3ccc(-c4ccc(N(c5ccccc5)c5ccc6c(c5)C(C)(C)c5ccccc5-6)cc4)cc3)cc2C1(C)C. The first kappa shape index (κ1) is 36.0. The molecule has 0 radical (unpaired) electrons. The third-order valence-electron chi connectivity index (χ3n) is 12.1. The summed E-state index contributed by atoms with van der Waals surface area (Å²) >= 11 is 0. The van der Waals surface area contributed by atoms with Crippen LogP contribution in [0.1, 0.15) is 49.9 Å². The maximum absolute atomic E-state index is 4.47. The second-order valence-electron chi connectivity index (χ2n) is 16.3. The number of para-hydroxylation sites is 2. The second kappa shape index (κ2) is 14.5. The highest BCUT2D eigenvalue weighted by molar-refractivity contribution is 5.86. The molecule has 2 nitrogen and oxygen atoms in total. The summed E-state index contributed by atoms with van der Waals surface area (Å²) in [5.74, 6) is 0. The monoisotopic (exact) mass is 736 g/mol. The molecule has 0 bridgehead atoms. The largest absolute Gasteiger partial charge is 0.310 e. The van der Waals surface area contributed by atoms with Gasteiger partial charge in [0.05, 0.1) is 0 Å². The van der Waals surface area contributed by atoms with E-state index in [0.717, 1.165) is 46.1 Å². The van der Waals surface area contributed by atoms with Crippen molar-refractivity contribution in [1.82, 2.24) is 0 Å². The molecule has 0 N–H and O–H groups in total. The van der Waals surface area contributed by atoms with Gasteiger partial charge in [-0.2, -0.15) is 0 Å². The first-order chi connectivity index (χ1) is 27.7. The molecule has 278 valence electrons. The van der Waals surface area contributed by atoms with E-state index in [1.807, 2.05) is 0 Å². The number of anilines is 6. The molecule has 0 heterocycles. The van der Waals surface area contributed by atoms with Crippen LogP contribution in [0.15, 0.2) is 206 Å². The van der Waals surface area contributed by atoms with Crippen LogP contribution >= 0.6 is 0 Å². The summed E-state index contributed by atoms with van der Waals surface area (Å²) in [6.45, 7) is 13.7. The van der Waals surface area contributed by atoms with E-state index < -0.39 is 0 Å². The second-order valence-corrected chi connectivity index (χ2v) is 16.3. The Bertz CT molecular complexity index is 2640. The molecular weight excluding hydrogens is 689 g/mol. The van der Waals surface area contributed by atoms with Crippen molar-refractivity contribution in [2.24, 2.45) is 0 Å². The number of hydrogen-bond acceptors (Lipinski definition) is 2. The average molecular weight is 737 g/mol. The number of allylic oxidation sites excluding steroid dienone is 5. The van der Waals surface area contributed by atoms with Crippen molar-refractivity contribution in [3.05, 3.63) is 229 Å². The van der Waals surface area contributed by atoms with E-state index in [9.17, 15) is 0 Å². The van der Waals surface area contributed by atoms with Gasteiger partial charge in [0.1, 0.15) is 0 Å². The topological polar surface area (TPSA) is 6.48 Å². The molecule has 0 atom stereocenters. The number of fused-ring (bicyclic) bond motifs is 4. The fourth-order valence-corrected chi connectivity index (χ4v) is 8.78. The Hall–Kier alpha value is -6.64. The quantitative estimate of drug-likeness (QED) is 0.161. The zero-order chi connectivity index (χ0) is 39.1. The molecule has 0 fully saturated rings. The third kappa shape index (κ3) is 6.51. The highest BCUT2D eigenvalue weighted by atomic mass is 15.1. The summed E-state index contributed by atoms with van der Waals surface area (Å²) in [4.78, 5) is 4.73. The van der Waals surface area contributed by atoms with Crippen LogP contribution in [0.25, 0.3) is 22.3 Å². The van der Waals surface area contributed by atoms with Gasteiger partial charge >= 0.3 is 0 Å². The summed E-state index contributed by atoms with van der Waals surface area (Å²) < 4.78 is 0. The molecular formula is C55H48N2. The van der Waals surface area contributed by atoms with Crippen LogP contribution in [0.3, 0.4) is 0 Å². The first-order valence-corrected chi connectivity index (χ1v) is 20.0. The van der Waals surface area contributed by atoms with Crippen molar-refractivity contribution < 1.29 is 0 Å². The van der Waals surface area contributed by atoms with Crippen LogP contribution in [-0.2, 0) is 17.3 Å².